The van der Waals surface area contributed by atoms with Gasteiger partial charge in [0.1, 0.15) is 0 Å². The van der Waals surface area contributed by atoms with Gasteiger partial charge in [0.25, 0.3) is 11.5 Å². The van der Waals surface area contributed by atoms with Crippen LogP contribution < -0.4 is 10.5 Å². The predicted molar refractivity (Wildman–Crippen MR) is 183 cm³/mol. The number of anilines is 1. The second-order valence-electron chi connectivity index (χ2n) is 12.5. The molecule has 0 fully saturated rings. The summed E-state index contributed by atoms with van der Waals surface area (Å²) in [5.74, 6) is -1.37. The fourth-order valence-electron chi connectivity index (χ4n) is 6.94. The SMILES string of the molecule is C[C@@H](/C=C/CC(=O)N1Cc2ccccc2C[C@H]1CO)[C@]1(O)C(=O)N(Cc2ccccc2)c2ccc(-n3ncc4ccccc4c3=O)cc21. The molecule has 0 unspecified atom stereocenters. The van der Waals surface area contributed by atoms with Crippen molar-refractivity contribution in [2.45, 2.75) is 44.5 Å². The quantitative estimate of drug-likeness (QED) is 0.239. The average Bonchev–Trinajstić information content (AvgIpc) is 3.33. The maximum Gasteiger partial charge on any atom is 0.279 e. The summed E-state index contributed by atoms with van der Waals surface area (Å²) in [4.78, 5) is 44.3. The van der Waals surface area contributed by atoms with E-state index in [1.165, 1.54) is 4.68 Å². The number of fused-ring (bicyclic) bond motifs is 3. The molecule has 2 N–H and O–H groups in total. The van der Waals surface area contributed by atoms with E-state index in [-0.39, 0.29) is 37.1 Å². The summed E-state index contributed by atoms with van der Waals surface area (Å²) in [6.45, 7) is 2.27. The summed E-state index contributed by atoms with van der Waals surface area (Å²) >= 11 is 0. The summed E-state index contributed by atoms with van der Waals surface area (Å²) in [6, 6.07) is 29.5. The standard InChI is InChI=1S/C39H36N4O5/c1-26(10-9-17-36(45)41-24-30-15-6-5-13-28(30)20-32(41)25-44)39(48)34-21-31(43-37(46)33-16-8-7-14-29(33)22-40-43)18-19-35(34)42(38(39)47)23-27-11-3-2-4-12-27/h2-16,18-19,21-22,26,32,44,48H,17,20,23-25H2,1H3/b10-9+/t26-,32-,39+/m0/s1. The van der Waals surface area contributed by atoms with Crippen molar-refractivity contribution in [3.05, 3.63) is 148 Å². The number of hydrogen-bond donors (Lipinski definition) is 2. The molecule has 5 aromatic rings. The molecule has 242 valence electrons. The molecule has 7 rings (SSSR count). The van der Waals surface area contributed by atoms with Crippen LogP contribution in [-0.4, -0.2) is 49.4 Å². The number of benzene rings is 4. The minimum atomic E-state index is -1.97. The molecule has 2 aliphatic heterocycles. The molecular formula is C39H36N4O5. The fourth-order valence-corrected chi connectivity index (χ4v) is 6.94. The number of carbonyl (C=O) groups is 2. The largest absolute Gasteiger partial charge is 0.394 e. The number of amides is 2. The second kappa shape index (κ2) is 12.7. The zero-order valence-corrected chi connectivity index (χ0v) is 26.6. The number of nitrogens with zero attached hydrogens (tertiary/aromatic N) is 4. The van der Waals surface area contributed by atoms with Gasteiger partial charge in [-0.3, -0.25) is 14.4 Å². The van der Waals surface area contributed by atoms with Crippen LogP contribution in [0.5, 0.6) is 0 Å². The van der Waals surface area contributed by atoms with Crippen LogP contribution in [0.3, 0.4) is 0 Å². The highest BCUT2D eigenvalue weighted by Gasteiger charge is 2.52. The topological polar surface area (TPSA) is 116 Å². The Kier molecular flexibility index (Phi) is 8.24. The van der Waals surface area contributed by atoms with Crippen LogP contribution in [0, 0.1) is 5.92 Å². The molecule has 9 nitrogen and oxygen atoms in total. The number of rotatable bonds is 8. The molecule has 1 aromatic heterocycles. The van der Waals surface area contributed by atoms with Gasteiger partial charge in [0, 0.05) is 29.8 Å². The summed E-state index contributed by atoms with van der Waals surface area (Å²) in [7, 11) is 0. The molecule has 0 aliphatic carbocycles. The first kappa shape index (κ1) is 31.2. The minimum absolute atomic E-state index is 0.0459. The Morgan fingerprint density at radius 1 is 0.979 bits per heavy atom. The molecule has 0 bridgehead atoms. The van der Waals surface area contributed by atoms with E-state index < -0.39 is 17.4 Å². The van der Waals surface area contributed by atoms with Gasteiger partial charge in [-0.15, -0.1) is 0 Å². The Balaban J connectivity index is 1.20. The van der Waals surface area contributed by atoms with Gasteiger partial charge in [0.15, 0.2) is 5.60 Å². The van der Waals surface area contributed by atoms with Gasteiger partial charge < -0.3 is 20.0 Å². The van der Waals surface area contributed by atoms with Crippen LogP contribution in [0.15, 0.2) is 120 Å². The van der Waals surface area contributed by atoms with Gasteiger partial charge in [-0.1, -0.05) is 91.9 Å². The van der Waals surface area contributed by atoms with Gasteiger partial charge in [0.2, 0.25) is 5.91 Å². The highest BCUT2D eigenvalue weighted by Crippen LogP contribution is 2.46. The molecule has 0 radical (unpaired) electrons. The third kappa shape index (κ3) is 5.40. The Morgan fingerprint density at radius 2 is 1.71 bits per heavy atom. The third-order valence-electron chi connectivity index (χ3n) is 9.64. The highest BCUT2D eigenvalue weighted by atomic mass is 16.3. The molecule has 3 atom stereocenters. The molecular weight excluding hydrogens is 604 g/mol. The summed E-state index contributed by atoms with van der Waals surface area (Å²) in [5.41, 5.74) is 2.12. The number of carbonyl (C=O) groups excluding carboxylic acids is 2. The van der Waals surface area contributed by atoms with Crippen molar-refractivity contribution in [1.29, 1.82) is 0 Å². The van der Waals surface area contributed by atoms with E-state index in [0.717, 1.165) is 16.7 Å². The number of aliphatic hydroxyl groups is 2. The first-order valence-corrected chi connectivity index (χ1v) is 16.1. The smallest absolute Gasteiger partial charge is 0.279 e. The maximum absolute atomic E-state index is 14.2. The second-order valence-corrected chi connectivity index (χ2v) is 12.5. The molecule has 9 heteroatoms. The lowest BCUT2D eigenvalue weighted by atomic mass is 9.82. The number of aliphatic hydroxyl groups excluding tert-OH is 1. The Labute approximate surface area is 278 Å². The summed E-state index contributed by atoms with van der Waals surface area (Å²) in [6.07, 6.45) is 5.63. The van der Waals surface area contributed by atoms with Gasteiger partial charge in [-0.2, -0.15) is 9.78 Å². The Hall–Kier alpha value is -5.38. The average molecular weight is 641 g/mol. The van der Waals surface area contributed by atoms with E-state index in [1.54, 1.807) is 65.4 Å². The van der Waals surface area contributed by atoms with Crippen molar-refractivity contribution in [2.75, 3.05) is 11.5 Å². The van der Waals surface area contributed by atoms with Crippen LogP contribution in [0.25, 0.3) is 16.5 Å². The molecule has 48 heavy (non-hydrogen) atoms. The minimum Gasteiger partial charge on any atom is -0.394 e. The molecule has 0 saturated carbocycles. The first-order chi connectivity index (χ1) is 23.3. The molecule has 2 amide bonds. The van der Waals surface area contributed by atoms with Gasteiger partial charge in [-0.25, -0.2) is 0 Å². The number of hydrogen-bond acceptors (Lipinski definition) is 6. The molecule has 0 saturated heterocycles. The summed E-state index contributed by atoms with van der Waals surface area (Å²) in [5, 5.41) is 28.0. The molecule has 0 spiro atoms. The van der Waals surface area contributed by atoms with E-state index in [9.17, 15) is 24.6 Å². The molecule has 2 aliphatic rings. The molecule has 4 aromatic carbocycles. The Bertz CT molecular complexity index is 2110. The maximum atomic E-state index is 14.2. The van der Waals surface area contributed by atoms with E-state index in [2.05, 4.69) is 5.10 Å². The van der Waals surface area contributed by atoms with E-state index in [4.69, 9.17) is 0 Å². The monoisotopic (exact) mass is 640 g/mol. The lowest BCUT2D eigenvalue weighted by Crippen LogP contribution is -2.46. The van der Waals surface area contributed by atoms with Crippen LogP contribution >= 0.6 is 0 Å². The van der Waals surface area contributed by atoms with Crippen LogP contribution in [0.1, 0.15) is 35.6 Å². The lowest BCUT2D eigenvalue weighted by Gasteiger charge is -2.36. The zero-order chi connectivity index (χ0) is 33.4. The van der Waals surface area contributed by atoms with Crippen molar-refractivity contribution in [1.82, 2.24) is 14.7 Å². The van der Waals surface area contributed by atoms with E-state index >= 15 is 0 Å². The van der Waals surface area contributed by atoms with Crippen molar-refractivity contribution in [2.24, 2.45) is 5.92 Å². The lowest BCUT2D eigenvalue weighted by molar-refractivity contribution is -0.139. The molecule has 3 heterocycles. The van der Waals surface area contributed by atoms with Crippen LogP contribution in [0.4, 0.5) is 5.69 Å². The van der Waals surface area contributed by atoms with Crippen molar-refractivity contribution in [3.8, 4) is 5.69 Å². The third-order valence-corrected chi connectivity index (χ3v) is 9.64. The Morgan fingerprint density at radius 3 is 2.50 bits per heavy atom. The van der Waals surface area contributed by atoms with Gasteiger partial charge >= 0.3 is 0 Å². The van der Waals surface area contributed by atoms with Gasteiger partial charge in [0.05, 0.1) is 42.2 Å². The van der Waals surface area contributed by atoms with Crippen molar-refractivity contribution in [3.63, 3.8) is 0 Å². The number of aromatic nitrogens is 2. The predicted octanol–water partition coefficient (Wildman–Crippen LogP) is 4.65. The van der Waals surface area contributed by atoms with Crippen molar-refractivity contribution < 1.29 is 19.8 Å². The first-order valence-electron chi connectivity index (χ1n) is 16.1. The normalized spacial score (nSPS) is 19.5. The van der Waals surface area contributed by atoms with E-state index in [1.807, 2.05) is 66.7 Å². The van der Waals surface area contributed by atoms with E-state index in [0.29, 0.717) is 40.7 Å². The fraction of sp³-hybridized carbons (Fsp3) is 0.231. The van der Waals surface area contributed by atoms with Crippen LogP contribution in [0.2, 0.25) is 0 Å². The summed E-state index contributed by atoms with van der Waals surface area (Å²) < 4.78 is 1.28. The highest BCUT2D eigenvalue weighted by molar-refractivity contribution is 6.07. The van der Waals surface area contributed by atoms with Crippen molar-refractivity contribution >= 4 is 28.3 Å². The zero-order valence-electron chi connectivity index (χ0n) is 26.6. The van der Waals surface area contributed by atoms with Crippen LogP contribution in [-0.2, 0) is 34.7 Å². The van der Waals surface area contributed by atoms with Gasteiger partial charge in [-0.05, 0) is 47.4 Å².